The van der Waals surface area contributed by atoms with Gasteiger partial charge >= 0.3 is 0 Å². The fraction of sp³-hybridized carbons (Fsp3) is 0.800. The first kappa shape index (κ1) is 8.07. The molecule has 0 fully saturated rings. The highest BCUT2D eigenvalue weighted by Gasteiger charge is 2.19. The molecule has 0 aliphatic heterocycles. The van der Waals surface area contributed by atoms with E-state index in [2.05, 4.69) is 5.18 Å². The van der Waals surface area contributed by atoms with E-state index in [9.17, 15) is 9.70 Å². The van der Waals surface area contributed by atoms with Crippen LogP contribution in [0.1, 0.15) is 13.8 Å². The number of carbonyl (C=O) groups is 1. The SMILES string of the molecule is CC(C)[C@@H](N=O)C(N)=O. The molecule has 1 atom stereocenters. The van der Waals surface area contributed by atoms with Gasteiger partial charge in [0, 0.05) is 0 Å². The van der Waals surface area contributed by atoms with Gasteiger partial charge < -0.3 is 5.73 Å². The second-order valence-corrected chi connectivity index (χ2v) is 2.20. The van der Waals surface area contributed by atoms with E-state index in [1.54, 1.807) is 13.8 Å². The van der Waals surface area contributed by atoms with E-state index in [1.165, 1.54) is 0 Å². The van der Waals surface area contributed by atoms with E-state index in [4.69, 9.17) is 5.73 Å². The maximum atomic E-state index is 10.3. The summed E-state index contributed by atoms with van der Waals surface area (Å²) in [4.78, 5) is 20.1. The Kier molecular flexibility index (Phi) is 2.84. The first-order valence-electron chi connectivity index (χ1n) is 2.71. The molecule has 4 heteroatoms. The molecule has 0 aliphatic rings. The van der Waals surface area contributed by atoms with E-state index < -0.39 is 11.9 Å². The second-order valence-electron chi connectivity index (χ2n) is 2.20. The van der Waals surface area contributed by atoms with Gasteiger partial charge in [-0.1, -0.05) is 19.0 Å². The minimum Gasteiger partial charge on any atom is -0.368 e. The summed E-state index contributed by atoms with van der Waals surface area (Å²) in [5.41, 5.74) is 4.82. The highest BCUT2D eigenvalue weighted by atomic mass is 16.3. The number of hydrogen-bond donors (Lipinski definition) is 1. The number of nitroso groups, excluding NO2 is 1. The monoisotopic (exact) mass is 130 g/mol. The zero-order chi connectivity index (χ0) is 7.44. The molecule has 52 valence electrons. The minimum absolute atomic E-state index is 0.0972. The summed E-state index contributed by atoms with van der Waals surface area (Å²) in [6.45, 7) is 3.44. The fourth-order valence-corrected chi connectivity index (χ4v) is 0.502. The lowest BCUT2D eigenvalue weighted by atomic mass is 10.1. The standard InChI is InChI=1S/C5H10N2O2/c1-3(2)4(7-9)5(6)8/h3-4H,1-2H3,(H2,6,8)/t4-/m1/s1. The van der Waals surface area contributed by atoms with Crippen molar-refractivity contribution in [1.29, 1.82) is 0 Å². The average molecular weight is 130 g/mol. The van der Waals surface area contributed by atoms with Crippen molar-refractivity contribution in [1.82, 2.24) is 0 Å². The Bertz CT molecular complexity index is 122. The number of amides is 1. The molecule has 9 heavy (non-hydrogen) atoms. The van der Waals surface area contributed by atoms with Gasteiger partial charge in [0.2, 0.25) is 5.91 Å². The van der Waals surface area contributed by atoms with Crippen LogP contribution >= 0.6 is 0 Å². The lowest BCUT2D eigenvalue weighted by Crippen LogP contribution is -2.30. The normalized spacial score (nSPS) is 13.2. The third kappa shape index (κ3) is 2.21. The van der Waals surface area contributed by atoms with Crippen molar-refractivity contribution in [2.45, 2.75) is 19.9 Å². The average Bonchev–Trinajstić information content (AvgIpc) is 1.64. The molecule has 0 radical (unpaired) electrons. The summed E-state index contributed by atoms with van der Waals surface area (Å²) in [5.74, 6) is -0.750. The molecule has 0 heterocycles. The molecule has 0 aromatic heterocycles. The van der Waals surface area contributed by atoms with Crippen molar-refractivity contribution in [3.63, 3.8) is 0 Å². The third-order valence-electron chi connectivity index (χ3n) is 1.04. The predicted octanol–water partition coefficient (Wildman–Crippen LogP) is 0.263. The third-order valence-corrected chi connectivity index (χ3v) is 1.04. The Balaban J connectivity index is 3.98. The maximum absolute atomic E-state index is 10.3. The molecule has 0 saturated heterocycles. The van der Waals surface area contributed by atoms with Gasteiger partial charge in [0.05, 0.1) is 0 Å². The van der Waals surface area contributed by atoms with E-state index >= 15 is 0 Å². The molecule has 0 aliphatic carbocycles. The lowest BCUT2D eigenvalue weighted by molar-refractivity contribution is -0.120. The first-order chi connectivity index (χ1) is 4.09. The Labute approximate surface area is 53.4 Å². The number of nitrogens with zero attached hydrogens (tertiary/aromatic N) is 1. The number of rotatable bonds is 3. The van der Waals surface area contributed by atoms with Crippen molar-refractivity contribution in [2.24, 2.45) is 16.8 Å². The first-order valence-corrected chi connectivity index (χ1v) is 2.71. The molecule has 4 nitrogen and oxygen atoms in total. The van der Waals surface area contributed by atoms with Crippen molar-refractivity contribution >= 4 is 5.91 Å². The summed E-state index contributed by atoms with van der Waals surface area (Å²) >= 11 is 0. The highest BCUT2D eigenvalue weighted by molar-refractivity contribution is 5.80. The van der Waals surface area contributed by atoms with E-state index in [0.717, 1.165) is 0 Å². The Morgan fingerprint density at radius 2 is 2.00 bits per heavy atom. The van der Waals surface area contributed by atoms with Gasteiger partial charge in [-0.05, 0) is 5.92 Å². The van der Waals surface area contributed by atoms with Gasteiger partial charge in [0.25, 0.3) is 0 Å². The molecule has 2 N–H and O–H groups in total. The molecule has 0 rings (SSSR count). The van der Waals surface area contributed by atoms with Crippen molar-refractivity contribution < 1.29 is 4.79 Å². The Morgan fingerprint density at radius 1 is 1.56 bits per heavy atom. The highest BCUT2D eigenvalue weighted by Crippen LogP contribution is 2.03. The summed E-state index contributed by atoms with van der Waals surface area (Å²) in [6, 6.07) is -0.870. The topological polar surface area (TPSA) is 72.5 Å². The Hall–Kier alpha value is -0.930. The van der Waals surface area contributed by atoms with Gasteiger partial charge in [-0.25, -0.2) is 0 Å². The van der Waals surface area contributed by atoms with Crippen LogP contribution in [0, 0.1) is 10.8 Å². The van der Waals surface area contributed by atoms with Crippen LogP contribution in [-0.4, -0.2) is 11.9 Å². The number of hydrogen-bond acceptors (Lipinski definition) is 3. The van der Waals surface area contributed by atoms with E-state index in [0.29, 0.717) is 0 Å². The molecular formula is C5H10N2O2. The van der Waals surface area contributed by atoms with Crippen molar-refractivity contribution in [3.8, 4) is 0 Å². The van der Waals surface area contributed by atoms with Crippen LogP contribution in [0.2, 0.25) is 0 Å². The van der Waals surface area contributed by atoms with Gasteiger partial charge in [0.1, 0.15) is 0 Å². The van der Waals surface area contributed by atoms with E-state index in [1.807, 2.05) is 0 Å². The summed E-state index contributed by atoms with van der Waals surface area (Å²) in [6.07, 6.45) is 0. The lowest BCUT2D eigenvalue weighted by Gasteiger charge is -2.06. The molecule has 0 saturated carbocycles. The van der Waals surface area contributed by atoms with Gasteiger partial charge in [-0.2, -0.15) is 0 Å². The zero-order valence-corrected chi connectivity index (χ0v) is 5.50. The largest absolute Gasteiger partial charge is 0.368 e. The number of primary amides is 1. The van der Waals surface area contributed by atoms with Crippen LogP contribution in [0.3, 0.4) is 0 Å². The molecule has 0 aromatic rings. The van der Waals surface area contributed by atoms with Crippen molar-refractivity contribution in [2.75, 3.05) is 0 Å². The summed E-state index contributed by atoms with van der Waals surface area (Å²) in [7, 11) is 0. The molecule has 0 aromatic carbocycles. The maximum Gasteiger partial charge on any atom is 0.246 e. The van der Waals surface area contributed by atoms with E-state index in [-0.39, 0.29) is 5.92 Å². The summed E-state index contributed by atoms with van der Waals surface area (Å²) < 4.78 is 0. The smallest absolute Gasteiger partial charge is 0.246 e. The van der Waals surface area contributed by atoms with Crippen LogP contribution in [0.15, 0.2) is 5.18 Å². The Morgan fingerprint density at radius 3 is 2.00 bits per heavy atom. The van der Waals surface area contributed by atoms with Crippen LogP contribution in [-0.2, 0) is 4.79 Å². The molecule has 1 amide bonds. The minimum atomic E-state index is -0.870. The fourth-order valence-electron chi connectivity index (χ4n) is 0.502. The number of nitrogens with two attached hydrogens (primary N) is 1. The molecule has 0 unspecified atom stereocenters. The summed E-state index contributed by atoms with van der Waals surface area (Å²) in [5, 5.41) is 2.56. The zero-order valence-electron chi connectivity index (χ0n) is 5.50. The quantitative estimate of drug-likeness (QED) is 0.556. The van der Waals surface area contributed by atoms with Crippen LogP contribution in [0.4, 0.5) is 0 Å². The van der Waals surface area contributed by atoms with Gasteiger partial charge in [-0.3, -0.25) is 4.79 Å². The second kappa shape index (κ2) is 3.17. The molecule has 0 bridgehead atoms. The van der Waals surface area contributed by atoms with Crippen LogP contribution in [0.25, 0.3) is 0 Å². The predicted molar refractivity (Wildman–Crippen MR) is 33.6 cm³/mol. The van der Waals surface area contributed by atoms with Crippen LogP contribution < -0.4 is 5.73 Å². The molecular weight excluding hydrogens is 120 g/mol. The molecule has 0 spiro atoms. The van der Waals surface area contributed by atoms with Crippen LogP contribution in [0.5, 0.6) is 0 Å². The number of carbonyl (C=O) groups excluding carboxylic acids is 1. The van der Waals surface area contributed by atoms with Crippen molar-refractivity contribution in [3.05, 3.63) is 4.91 Å². The van der Waals surface area contributed by atoms with Gasteiger partial charge in [0.15, 0.2) is 6.04 Å². The van der Waals surface area contributed by atoms with Gasteiger partial charge in [-0.15, -0.1) is 4.91 Å².